The summed E-state index contributed by atoms with van der Waals surface area (Å²) in [6, 6.07) is 6.79. The van der Waals surface area contributed by atoms with Crippen molar-refractivity contribution in [1.82, 2.24) is 20.2 Å². The van der Waals surface area contributed by atoms with Gasteiger partial charge in [-0.1, -0.05) is 19.9 Å². The van der Waals surface area contributed by atoms with Crippen molar-refractivity contribution >= 4 is 11.3 Å². The lowest BCUT2D eigenvalue weighted by Gasteiger charge is -2.30. The van der Waals surface area contributed by atoms with Gasteiger partial charge in [-0.25, -0.2) is 4.98 Å². The summed E-state index contributed by atoms with van der Waals surface area (Å²) in [5.41, 5.74) is 2.35. The van der Waals surface area contributed by atoms with Gasteiger partial charge >= 0.3 is 0 Å². The molecule has 0 aliphatic carbocycles. The maximum atomic E-state index is 4.85. The molecule has 3 rings (SSSR count). The van der Waals surface area contributed by atoms with Gasteiger partial charge < -0.3 is 5.32 Å². The standard InChI is InChI=1S/C19H28N4S/c1-15(2)19-22-17(14-24-19)13-23(12-16-6-3-4-10-21-16)18-7-5-9-20-11-8-18/h3-4,6,10,14-15,18,20H,5,7-9,11-13H2,1-2H3/t18-/m0/s1. The van der Waals surface area contributed by atoms with Gasteiger partial charge in [-0.2, -0.15) is 0 Å². The number of hydrogen-bond acceptors (Lipinski definition) is 5. The van der Waals surface area contributed by atoms with E-state index in [0.29, 0.717) is 12.0 Å². The molecular formula is C19H28N4S. The van der Waals surface area contributed by atoms with E-state index in [1.807, 2.05) is 12.3 Å². The van der Waals surface area contributed by atoms with Crippen molar-refractivity contribution < 1.29 is 0 Å². The van der Waals surface area contributed by atoms with Crippen LogP contribution in [0, 0.1) is 0 Å². The van der Waals surface area contributed by atoms with Gasteiger partial charge in [0.05, 0.1) is 16.4 Å². The lowest BCUT2D eigenvalue weighted by Crippen LogP contribution is -2.35. The highest BCUT2D eigenvalue weighted by Crippen LogP contribution is 2.23. The number of nitrogens with one attached hydrogen (secondary N) is 1. The van der Waals surface area contributed by atoms with E-state index < -0.39 is 0 Å². The first-order valence-electron chi connectivity index (χ1n) is 9.01. The summed E-state index contributed by atoms with van der Waals surface area (Å²) in [6.07, 6.45) is 5.59. The fraction of sp³-hybridized carbons (Fsp3) is 0.579. The monoisotopic (exact) mass is 344 g/mol. The predicted molar refractivity (Wildman–Crippen MR) is 100 cm³/mol. The number of nitrogens with zero attached hydrogens (tertiary/aromatic N) is 3. The summed E-state index contributed by atoms with van der Waals surface area (Å²) in [6.45, 7) is 8.50. The Hall–Kier alpha value is -1.30. The van der Waals surface area contributed by atoms with Crippen LogP contribution in [-0.4, -0.2) is 34.0 Å². The van der Waals surface area contributed by atoms with Crippen LogP contribution < -0.4 is 5.32 Å². The van der Waals surface area contributed by atoms with E-state index >= 15 is 0 Å². The summed E-state index contributed by atoms with van der Waals surface area (Å²) in [5, 5.41) is 7.00. The molecule has 1 saturated heterocycles. The molecule has 0 saturated carbocycles. The molecule has 4 nitrogen and oxygen atoms in total. The molecule has 0 amide bonds. The highest BCUT2D eigenvalue weighted by molar-refractivity contribution is 7.09. The Bertz CT molecular complexity index is 603. The van der Waals surface area contributed by atoms with Gasteiger partial charge in [-0.3, -0.25) is 9.88 Å². The second-order valence-electron chi connectivity index (χ2n) is 6.89. The number of hydrogen-bond donors (Lipinski definition) is 1. The van der Waals surface area contributed by atoms with Crippen molar-refractivity contribution in [2.45, 2.75) is 58.2 Å². The third kappa shape index (κ3) is 4.85. The van der Waals surface area contributed by atoms with Crippen LogP contribution in [0.3, 0.4) is 0 Å². The van der Waals surface area contributed by atoms with Gasteiger partial charge in [0.25, 0.3) is 0 Å². The maximum absolute atomic E-state index is 4.85. The first-order chi connectivity index (χ1) is 11.7. The Kier molecular flexibility index (Phi) is 6.35. The van der Waals surface area contributed by atoms with Crippen LogP contribution in [0.25, 0.3) is 0 Å². The minimum absolute atomic E-state index is 0.509. The molecule has 5 heteroatoms. The first kappa shape index (κ1) is 17.5. The molecule has 24 heavy (non-hydrogen) atoms. The van der Waals surface area contributed by atoms with E-state index in [-0.39, 0.29) is 0 Å². The Balaban J connectivity index is 1.74. The van der Waals surface area contributed by atoms with Gasteiger partial charge in [0.1, 0.15) is 0 Å². The Morgan fingerprint density at radius 3 is 2.83 bits per heavy atom. The van der Waals surface area contributed by atoms with Gasteiger partial charge in [0.2, 0.25) is 0 Å². The van der Waals surface area contributed by atoms with Crippen molar-refractivity contribution in [3.8, 4) is 0 Å². The number of thiazole rings is 1. The van der Waals surface area contributed by atoms with Crippen LogP contribution in [0.4, 0.5) is 0 Å². The molecule has 0 radical (unpaired) electrons. The van der Waals surface area contributed by atoms with E-state index in [1.165, 1.54) is 30.0 Å². The lowest BCUT2D eigenvalue weighted by atomic mass is 10.1. The van der Waals surface area contributed by atoms with Crippen LogP contribution in [0.5, 0.6) is 0 Å². The summed E-state index contributed by atoms with van der Waals surface area (Å²) >= 11 is 1.79. The Labute approximate surface area is 149 Å². The van der Waals surface area contributed by atoms with E-state index in [9.17, 15) is 0 Å². The quantitative estimate of drug-likeness (QED) is 0.865. The largest absolute Gasteiger partial charge is 0.317 e. The molecule has 2 aromatic heterocycles. The normalized spacial score (nSPS) is 18.9. The molecule has 2 aromatic rings. The SMILES string of the molecule is CC(C)c1nc(CN(Cc2ccccn2)[C@H]2CCCNCC2)cs1. The molecule has 1 aliphatic rings. The van der Waals surface area contributed by atoms with Crippen LogP contribution in [0.2, 0.25) is 0 Å². The number of pyridine rings is 1. The molecular weight excluding hydrogens is 316 g/mol. The molecule has 1 N–H and O–H groups in total. The maximum Gasteiger partial charge on any atom is 0.0954 e. The van der Waals surface area contributed by atoms with Crippen molar-refractivity contribution in [2.75, 3.05) is 13.1 Å². The smallest absolute Gasteiger partial charge is 0.0954 e. The first-order valence-corrected chi connectivity index (χ1v) is 9.89. The van der Waals surface area contributed by atoms with E-state index in [1.54, 1.807) is 11.3 Å². The number of rotatable bonds is 6. The van der Waals surface area contributed by atoms with E-state index in [4.69, 9.17) is 4.98 Å². The average molecular weight is 345 g/mol. The summed E-state index contributed by atoms with van der Waals surface area (Å²) in [5.74, 6) is 0.509. The zero-order chi connectivity index (χ0) is 16.8. The lowest BCUT2D eigenvalue weighted by molar-refractivity contribution is 0.160. The molecule has 0 aromatic carbocycles. The van der Waals surface area contributed by atoms with Crippen LogP contribution in [0.15, 0.2) is 29.8 Å². The predicted octanol–water partition coefficient (Wildman–Crippen LogP) is 3.81. The molecule has 3 heterocycles. The second-order valence-corrected chi connectivity index (χ2v) is 7.78. The van der Waals surface area contributed by atoms with Gasteiger partial charge in [-0.05, 0) is 44.5 Å². The highest BCUT2D eigenvalue weighted by Gasteiger charge is 2.22. The Morgan fingerprint density at radius 2 is 2.08 bits per heavy atom. The summed E-state index contributed by atoms with van der Waals surface area (Å²) in [7, 11) is 0. The molecule has 0 unspecified atom stereocenters. The second kappa shape index (κ2) is 8.70. The highest BCUT2D eigenvalue weighted by atomic mass is 32.1. The molecule has 0 spiro atoms. The minimum Gasteiger partial charge on any atom is -0.317 e. The van der Waals surface area contributed by atoms with Gasteiger partial charge in [0.15, 0.2) is 0 Å². The minimum atomic E-state index is 0.509. The third-order valence-electron chi connectivity index (χ3n) is 4.58. The summed E-state index contributed by atoms with van der Waals surface area (Å²) in [4.78, 5) is 12.0. The van der Waals surface area contributed by atoms with E-state index in [0.717, 1.165) is 31.9 Å². The summed E-state index contributed by atoms with van der Waals surface area (Å²) < 4.78 is 0. The third-order valence-corrected chi connectivity index (χ3v) is 5.78. The number of aromatic nitrogens is 2. The zero-order valence-corrected chi connectivity index (χ0v) is 15.6. The van der Waals surface area contributed by atoms with Crippen molar-refractivity contribution in [3.05, 3.63) is 46.2 Å². The fourth-order valence-corrected chi connectivity index (χ4v) is 4.07. The zero-order valence-electron chi connectivity index (χ0n) is 14.7. The molecule has 1 atom stereocenters. The van der Waals surface area contributed by atoms with E-state index in [2.05, 4.69) is 46.6 Å². The van der Waals surface area contributed by atoms with Gasteiger partial charge in [0, 0.05) is 36.6 Å². The van der Waals surface area contributed by atoms with Gasteiger partial charge in [-0.15, -0.1) is 11.3 Å². The Morgan fingerprint density at radius 1 is 1.21 bits per heavy atom. The van der Waals surface area contributed by atoms with Crippen LogP contribution >= 0.6 is 11.3 Å². The molecule has 1 aliphatic heterocycles. The molecule has 130 valence electrons. The molecule has 0 bridgehead atoms. The fourth-order valence-electron chi connectivity index (χ4n) is 3.25. The van der Waals surface area contributed by atoms with Crippen molar-refractivity contribution in [2.24, 2.45) is 0 Å². The topological polar surface area (TPSA) is 41.1 Å². The van der Waals surface area contributed by atoms with Crippen LogP contribution in [-0.2, 0) is 13.1 Å². The van der Waals surface area contributed by atoms with Crippen molar-refractivity contribution in [1.29, 1.82) is 0 Å². The van der Waals surface area contributed by atoms with Crippen molar-refractivity contribution in [3.63, 3.8) is 0 Å². The van der Waals surface area contributed by atoms with Crippen LogP contribution in [0.1, 0.15) is 55.4 Å². The molecule has 1 fully saturated rings. The average Bonchev–Trinajstić information content (AvgIpc) is 2.89.